The standard InChI is InChI=1S/C10H15N3O/c1-2-10(13-12-5-1)11-6-7-14-8-9-3-4-9/h1-2,5,9H,3-4,6-8H2,(H,11,13). The zero-order valence-electron chi connectivity index (χ0n) is 8.15. The SMILES string of the molecule is c1cnnc(NCCOCC2CC2)c1. The second-order valence-corrected chi connectivity index (χ2v) is 3.55. The summed E-state index contributed by atoms with van der Waals surface area (Å²) in [7, 11) is 0. The lowest BCUT2D eigenvalue weighted by atomic mass is 10.5. The van der Waals surface area contributed by atoms with Crippen molar-refractivity contribution in [2.45, 2.75) is 12.8 Å². The van der Waals surface area contributed by atoms with Gasteiger partial charge in [0.05, 0.1) is 6.61 Å². The van der Waals surface area contributed by atoms with Gasteiger partial charge in [0.2, 0.25) is 0 Å². The number of aromatic nitrogens is 2. The predicted molar refractivity (Wildman–Crippen MR) is 54.1 cm³/mol. The second kappa shape index (κ2) is 4.91. The lowest BCUT2D eigenvalue weighted by molar-refractivity contribution is 0.134. The summed E-state index contributed by atoms with van der Waals surface area (Å²) in [6.45, 7) is 2.46. The van der Waals surface area contributed by atoms with E-state index >= 15 is 0 Å². The Kier molecular flexibility index (Phi) is 3.29. The molecule has 1 saturated carbocycles. The average Bonchev–Trinajstić information content (AvgIpc) is 3.03. The Morgan fingerprint density at radius 1 is 1.50 bits per heavy atom. The first kappa shape index (κ1) is 9.40. The number of hydrogen-bond acceptors (Lipinski definition) is 4. The fourth-order valence-electron chi connectivity index (χ4n) is 1.18. The summed E-state index contributed by atoms with van der Waals surface area (Å²) >= 11 is 0. The van der Waals surface area contributed by atoms with E-state index in [1.807, 2.05) is 12.1 Å². The fourth-order valence-corrected chi connectivity index (χ4v) is 1.18. The maximum atomic E-state index is 5.47. The molecule has 14 heavy (non-hydrogen) atoms. The highest BCUT2D eigenvalue weighted by atomic mass is 16.5. The minimum absolute atomic E-state index is 0.743. The normalized spacial score (nSPS) is 15.4. The molecule has 0 aliphatic heterocycles. The molecule has 1 aliphatic rings. The highest BCUT2D eigenvalue weighted by Crippen LogP contribution is 2.28. The van der Waals surface area contributed by atoms with Gasteiger partial charge in [-0.25, -0.2) is 0 Å². The van der Waals surface area contributed by atoms with E-state index in [-0.39, 0.29) is 0 Å². The van der Waals surface area contributed by atoms with Crippen LogP contribution in [0.1, 0.15) is 12.8 Å². The van der Waals surface area contributed by atoms with Gasteiger partial charge < -0.3 is 10.1 Å². The zero-order chi connectivity index (χ0) is 9.64. The van der Waals surface area contributed by atoms with Gasteiger partial charge in [0.1, 0.15) is 5.82 Å². The van der Waals surface area contributed by atoms with Crippen LogP contribution in [0.5, 0.6) is 0 Å². The molecule has 0 atom stereocenters. The van der Waals surface area contributed by atoms with E-state index in [0.717, 1.165) is 31.5 Å². The summed E-state index contributed by atoms with van der Waals surface area (Å²) < 4.78 is 5.47. The maximum absolute atomic E-state index is 5.47. The number of hydrogen-bond donors (Lipinski definition) is 1. The van der Waals surface area contributed by atoms with Crippen LogP contribution in [0.3, 0.4) is 0 Å². The summed E-state index contributed by atoms with van der Waals surface area (Å²) in [4.78, 5) is 0. The van der Waals surface area contributed by atoms with Crippen LogP contribution in [0.2, 0.25) is 0 Å². The average molecular weight is 193 g/mol. The number of nitrogens with zero attached hydrogens (tertiary/aromatic N) is 2. The van der Waals surface area contributed by atoms with E-state index < -0.39 is 0 Å². The van der Waals surface area contributed by atoms with Gasteiger partial charge in [-0.1, -0.05) is 0 Å². The molecule has 4 nitrogen and oxygen atoms in total. The molecule has 0 bridgehead atoms. The highest BCUT2D eigenvalue weighted by Gasteiger charge is 2.20. The van der Waals surface area contributed by atoms with Crippen molar-refractivity contribution in [3.63, 3.8) is 0 Å². The Labute approximate surface area is 83.7 Å². The highest BCUT2D eigenvalue weighted by molar-refractivity contribution is 5.30. The van der Waals surface area contributed by atoms with Gasteiger partial charge in [0.15, 0.2) is 0 Å². The smallest absolute Gasteiger partial charge is 0.148 e. The molecule has 0 saturated heterocycles. The Morgan fingerprint density at radius 2 is 2.43 bits per heavy atom. The van der Waals surface area contributed by atoms with Crippen LogP contribution in [-0.2, 0) is 4.74 Å². The molecule has 0 amide bonds. The van der Waals surface area contributed by atoms with E-state index in [1.165, 1.54) is 12.8 Å². The van der Waals surface area contributed by atoms with Crippen LogP contribution in [0.15, 0.2) is 18.3 Å². The van der Waals surface area contributed by atoms with Crippen LogP contribution in [0.25, 0.3) is 0 Å². The van der Waals surface area contributed by atoms with Gasteiger partial charge in [0, 0.05) is 19.3 Å². The van der Waals surface area contributed by atoms with Crippen molar-refractivity contribution in [2.24, 2.45) is 5.92 Å². The van der Waals surface area contributed by atoms with E-state index in [9.17, 15) is 0 Å². The fraction of sp³-hybridized carbons (Fsp3) is 0.600. The van der Waals surface area contributed by atoms with Crippen LogP contribution in [0.4, 0.5) is 5.82 Å². The molecule has 4 heteroatoms. The van der Waals surface area contributed by atoms with E-state index in [2.05, 4.69) is 15.5 Å². The molecule has 2 rings (SSSR count). The minimum Gasteiger partial charge on any atom is -0.379 e. The largest absolute Gasteiger partial charge is 0.379 e. The van der Waals surface area contributed by atoms with Gasteiger partial charge in [-0.3, -0.25) is 0 Å². The van der Waals surface area contributed by atoms with Gasteiger partial charge >= 0.3 is 0 Å². The molecule has 1 fully saturated rings. The third-order valence-corrected chi connectivity index (χ3v) is 2.18. The van der Waals surface area contributed by atoms with Crippen LogP contribution in [-0.4, -0.2) is 30.0 Å². The number of rotatable bonds is 6. The van der Waals surface area contributed by atoms with E-state index in [4.69, 9.17) is 4.74 Å². The van der Waals surface area contributed by atoms with Gasteiger partial charge in [0.25, 0.3) is 0 Å². The summed E-state index contributed by atoms with van der Waals surface area (Å²) in [5, 5.41) is 10.8. The summed E-state index contributed by atoms with van der Waals surface area (Å²) in [6, 6.07) is 3.76. The topological polar surface area (TPSA) is 47.0 Å². The number of anilines is 1. The number of nitrogens with one attached hydrogen (secondary N) is 1. The summed E-state index contributed by atoms with van der Waals surface area (Å²) in [5.74, 6) is 1.65. The molecular weight excluding hydrogens is 178 g/mol. The van der Waals surface area contributed by atoms with Crippen molar-refractivity contribution < 1.29 is 4.74 Å². The molecule has 1 aromatic heterocycles. The van der Waals surface area contributed by atoms with E-state index in [1.54, 1.807) is 6.20 Å². The molecule has 0 unspecified atom stereocenters. The predicted octanol–water partition coefficient (Wildman–Crippen LogP) is 1.32. The third kappa shape index (κ3) is 3.30. The van der Waals surface area contributed by atoms with Gasteiger partial charge in [-0.2, -0.15) is 5.10 Å². The minimum atomic E-state index is 0.743. The van der Waals surface area contributed by atoms with Gasteiger partial charge in [-0.15, -0.1) is 5.10 Å². The van der Waals surface area contributed by atoms with Crippen molar-refractivity contribution in [1.82, 2.24) is 10.2 Å². The molecule has 1 aromatic rings. The Hall–Kier alpha value is -1.16. The van der Waals surface area contributed by atoms with E-state index in [0.29, 0.717) is 0 Å². The van der Waals surface area contributed by atoms with Crippen molar-refractivity contribution in [2.75, 3.05) is 25.1 Å². The third-order valence-electron chi connectivity index (χ3n) is 2.18. The van der Waals surface area contributed by atoms with Crippen molar-refractivity contribution in [3.8, 4) is 0 Å². The molecule has 0 spiro atoms. The monoisotopic (exact) mass is 193 g/mol. The lowest BCUT2D eigenvalue weighted by Crippen LogP contribution is -2.11. The summed E-state index contributed by atoms with van der Waals surface area (Å²) in [6.07, 6.45) is 4.35. The Balaban J connectivity index is 1.54. The Morgan fingerprint density at radius 3 is 3.14 bits per heavy atom. The maximum Gasteiger partial charge on any atom is 0.148 e. The molecule has 0 aromatic carbocycles. The summed E-state index contributed by atoms with van der Waals surface area (Å²) in [5.41, 5.74) is 0. The first-order chi connectivity index (χ1) is 6.95. The number of ether oxygens (including phenoxy) is 1. The first-order valence-corrected chi connectivity index (χ1v) is 5.04. The van der Waals surface area contributed by atoms with Crippen LogP contribution >= 0.6 is 0 Å². The molecule has 0 radical (unpaired) electrons. The lowest BCUT2D eigenvalue weighted by Gasteiger charge is -2.04. The molecule has 1 N–H and O–H groups in total. The Bertz CT molecular complexity index is 261. The second-order valence-electron chi connectivity index (χ2n) is 3.55. The molecule has 1 aliphatic carbocycles. The molecular formula is C10H15N3O. The van der Waals surface area contributed by atoms with Crippen LogP contribution in [0, 0.1) is 5.92 Å². The quantitative estimate of drug-likeness (QED) is 0.692. The van der Waals surface area contributed by atoms with Crippen LogP contribution < -0.4 is 5.32 Å². The zero-order valence-corrected chi connectivity index (χ0v) is 8.15. The first-order valence-electron chi connectivity index (χ1n) is 5.04. The van der Waals surface area contributed by atoms with Crippen molar-refractivity contribution in [1.29, 1.82) is 0 Å². The van der Waals surface area contributed by atoms with Gasteiger partial charge in [-0.05, 0) is 30.9 Å². The molecule has 76 valence electrons. The van der Waals surface area contributed by atoms with Crippen molar-refractivity contribution in [3.05, 3.63) is 18.3 Å². The molecule has 1 heterocycles. The van der Waals surface area contributed by atoms with Crippen molar-refractivity contribution >= 4 is 5.82 Å².